The first-order valence-electron chi connectivity index (χ1n) is 5.71. The van der Waals surface area contributed by atoms with Gasteiger partial charge in [0.05, 0.1) is 17.5 Å². The fourth-order valence-electron chi connectivity index (χ4n) is 1.39. The van der Waals surface area contributed by atoms with Crippen molar-refractivity contribution in [2.45, 2.75) is 12.8 Å². The van der Waals surface area contributed by atoms with E-state index < -0.39 is 5.97 Å². The maximum absolute atomic E-state index is 11.7. The lowest BCUT2D eigenvalue weighted by molar-refractivity contribution is -0.136. The third kappa shape index (κ3) is 5.40. The molecule has 1 aromatic rings. The highest BCUT2D eigenvalue weighted by atomic mass is 79.9. The Bertz CT molecular complexity index is 458. The summed E-state index contributed by atoms with van der Waals surface area (Å²) in [5, 5.41) is 8.54. The van der Waals surface area contributed by atoms with E-state index in [4.69, 9.17) is 14.6 Å². The third-order valence-corrected chi connectivity index (χ3v) is 2.98. The number of carboxylic acid groups (broad SMARTS) is 1. The summed E-state index contributed by atoms with van der Waals surface area (Å²) in [5.74, 6) is -0.565. The molecule has 0 aliphatic rings. The topological polar surface area (TPSA) is 72.8 Å². The molecule has 1 aromatic carbocycles. The lowest BCUT2D eigenvalue weighted by Gasteiger charge is -2.08. The van der Waals surface area contributed by atoms with Crippen LogP contribution in [0, 0.1) is 0 Å². The van der Waals surface area contributed by atoms with Crippen molar-refractivity contribution in [3.8, 4) is 5.75 Å². The molecule has 0 bridgehead atoms. The Morgan fingerprint density at radius 1 is 1.26 bits per heavy atom. The van der Waals surface area contributed by atoms with E-state index >= 15 is 0 Å². The zero-order valence-corrected chi connectivity index (χ0v) is 12.1. The van der Waals surface area contributed by atoms with Crippen molar-refractivity contribution in [3.05, 3.63) is 28.2 Å². The number of hydrogen-bond acceptors (Lipinski definition) is 4. The molecule has 0 aromatic heterocycles. The first-order chi connectivity index (χ1) is 9.04. The van der Waals surface area contributed by atoms with E-state index in [9.17, 15) is 9.59 Å². The number of Topliss-reactive ketones (excluding diaryl/α,β-unsaturated/α-hetero) is 1. The second-order valence-electron chi connectivity index (χ2n) is 3.80. The van der Waals surface area contributed by atoms with Gasteiger partial charge in [-0.1, -0.05) is 0 Å². The third-order valence-electron chi connectivity index (χ3n) is 2.36. The second kappa shape index (κ2) is 7.91. The molecule has 0 atom stereocenters. The SMILES string of the molecule is COCCOc1ccc(C(=O)CCC(=O)O)cc1Br. The van der Waals surface area contributed by atoms with Gasteiger partial charge in [0.2, 0.25) is 0 Å². The van der Waals surface area contributed by atoms with Crippen molar-refractivity contribution in [3.63, 3.8) is 0 Å². The standard InChI is InChI=1S/C13H15BrO5/c1-18-6-7-19-12-4-2-9(8-10(12)14)11(15)3-5-13(16)17/h2,4,8H,3,5-7H2,1H3,(H,16,17). The van der Waals surface area contributed by atoms with Gasteiger partial charge in [-0.2, -0.15) is 0 Å². The maximum atomic E-state index is 11.7. The molecule has 0 unspecified atom stereocenters. The zero-order valence-electron chi connectivity index (χ0n) is 10.5. The summed E-state index contributed by atoms with van der Waals surface area (Å²) < 4.78 is 11.0. The molecule has 0 heterocycles. The molecule has 1 N–H and O–H groups in total. The molecule has 0 fully saturated rings. The Hall–Kier alpha value is -1.40. The quantitative estimate of drug-likeness (QED) is 0.585. The molecule has 1 rings (SSSR count). The molecule has 0 saturated carbocycles. The molecule has 6 heteroatoms. The van der Waals surface area contributed by atoms with E-state index in [-0.39, 0.29) is 18.6 Å². The lowest BCUT2D eigenvalue weighted by atomic mass is 10.1. The summed E-state index contributed by atoms with van der Waals surface area (Å²) in [6.07, 6.45) is -0.172. The molecule has 0 aliphatic carbocycles. The van der Waals surface area contributed by atoms with Crippen LogP contribution in [0.3, 0.4) is 0 Å². The average Bonchev–Trinajstić information content (AvgIpc) is 2.38. The van der Waals surface area contributed by atoms with Gasteiger partial charge in [0.1, 0.15) is 12.4 Å². The van der Waals surface area contributed by atoms with Crippen LogP contribution in [0.4, 0.5) is 0 Å². The number of rotatable bonds is 8. The molecular weight excluding hydrogens is 316 g/mol. The number of methoxy groups -OCH3 is 1. The van der Waals surface area contributed by atoms with Crippen molar-refractivity contribution in [2.75, 3.05) is 20.3 Å². The molecule has 0 radical (unpaired) electrons. The number of carbonyl (C=O) groups is 2. The van der Waals surface area contributed by atoms with Gasteiger partial charge < -0.3 is 14.6 Å². The smallest absolute Gasteiger partial charge is 0.303 e. The molecule has 104 valence electrons. The van der Waals surface area contributed by atoms with Crippen LogP contribution >= 0.6 is 15.9 Å². The van der Waals surface area contributed by atoms with Crippen LogP contribution in [0.2, 0.25) is 0 Å². The monoisotopic (exact) mass is 330 g/mol. The highest BCUT2D eigenvalue weighted by molar-refractivity contribution is 9.10. The van der Waals surface area contributed by atoms with E-state index in [0.29, 0.717) is 29.0 Å². The van der Waals surface area contributed by atoms with Gasteiger partial charge in [-0.3, -0.25) is 9.59 Å². The number of carbonyl (C=O) groups excluding carboxylic acids is 1. The summed E-state index contributed by atoms with van der Waals surface area (Å²) in [7, 11) is 1.59. The maximum Gasteiger partial charge on any atom is 0.303 e. The number of aliphatic carboxylic acids is 1. The van der Waals surface area contributed by atoms with E-state index in [2.05, 4.69) is 15.9 Å². The minimum atomic E-state index is -0.980. The first-order valence-corrected chi connectivity index (χ1v) is 6.50. The van der Waals surface area contributed by atoms with Crippen molar-refractivity contribution in [1.29, 1.82) is 0 Å². The summed E-state index contributed by atoms with van der Waals surface area (Å²) in [4.78, 5) is 22.1. The predicted molar refractivity (Wildman–Crippen MR) is 72.7 cm³/mol. The van der Waals surface area contributed by atoms with Crippen LogP contribution < -0.4 is 4.74 Å². The fourth-order valence-corrected chi connectivity index (χ4v) is 1.88. The number of ketones is 1. The Balaban J connectivity index is 2.65. The second-order valence-corrected chi connectivity index (χ2v) is 4.66. The fraction of sp³-hybridized carbons (Fsp3) is 0.385. The molecule has 0 aliphatic heterocycles. The summed E-state index contributed by atoms with van der Waals surface area (Å²) >= 11 is 3.31. The van der Waals surface area contributed by atoms with E-state index in [0.717, 1.165) is 0 Å². The molecule has 0 saturated heterocycles. The van der Waals surface area contributed by atoms with Crippen LogP contribution in [0.5, 0.6) is 5.75 Å². The van der Waals surface area contributed by atoms with E-state index in [1.165, 1.54) is 0 Å². The Kier molecular flexibility index (Phi) is 6.52. The molecule has 0 spiro atoms. The van der Waals surface area contributed by atoms with Crippen LogP contribution in [-0.2, 0) is 9.53 Å². The number of carboxylic acids is 1. The molecule has 5 nitrogen and oxygen atoms in total. The Morgan fingerprint density at radius 3 is 2.58 bits per heavy atom. The zero-order chi connectivity index (χ0) is 14.3. The first kappa shape index (κ1) is 15.7. The van der Waals surface area contributed by atoms with Crippen molar-refractivity contribution in [2.24, 2.45) is 0 Å². The van der Waals surface area contributed by atoms with Crippen molar-refractivity contribution < 1.29 is 24.2 Å². The van der Waals surface area contributed by atoms with Gasteiger partial charge in [0.15, 0.2) is 5.78 Å². The van der Waals surface area contributed by atoms with Gasteiger partial charge in [0.25, 0.3) is 0 Å². The van der Waals surface area contributed by atoms with Gasteiger partial charge in [-0.25, -0.2) is 0 Å². The Morgan fingerprint density at radius 2 is 2.00 bits per heavy atom. The highest BCUT2D eigenvalue weighted by Crippen LogP contribution is 2.26. The summed E-state index contributed by atoms with van der Waals surface area (Å²) in [6, 6.07) is 4.93. The van der Waals surface area contributed by atoms with Crippen LogP contribution in [-0.4, -0.2) is 37.2 Å². The van der Waals surface area contributed by atoms with Gasteiger partial charge >= 0.3 is 5.97 Å². The van der Waals surface area contributed by atoms with Gasteiger partial charge in [-0.15, -0.1) is 0 Å². The number of benzene rings is 1. The normalized spacial score (nSPS) is 10.2. The minimum Gasteiger partial charge on any atom is -0.490 e. The van der Waals surface area contributed by atoms with E-state index in [1.54, 1.807) is 25.3 Å². The summed E-state index contributed by atoms with van der Waals surface area (Å²) in [5.41, 5.74) is 0.465. The number of halogens is 1. The van der Waals surface area contributed by atoms with E-state index in [1.807, 2.05) is 0 Å². The van der Waals surface area contributed by atoms with Gasteiger partial charge in [-0.05, 0) is 34.1 Å². The largest absolute Gasteiger partial charge is 0.490 e. The van der Waals surface area contributed by atoms with Crippen LogP contribution in [0.25, 0.3) is 0 Å². The Labute approximate surface area is 119 Å². The average molecular weight is 331 g/mol. The van der Waals surface area contributed by atoms with Crippen LogP contribution in [0.15, 0.2) is 22.7 Å². The number of ether oxygens (including phenoxy) is 2. The molecule has 19 heavy (non-hydrogen) atoms. The van der Waals surface area contributed by atoms with Crippen molar-refractivity contribution in [1.82, 2.24) is 0 Å². The minimum absolute atomic E-state index is 0.00828. The van der Waals surface area contributed by atoms with Crippen molar-refractivity contribution >= 4 is 27.7 Å². The predicted octanol–water partition coefficient (Wildman–Crippen LogP) is 2.52. The number of hydrogen-bond donors (Lipinski definition) is 1. The molecule has 0 amide bonds. The summed E-state index contributed by atoms with van der Waals surface area (Å²) in [6.45, 7) is 0.896. The van der Waals surface area contributed by atoms with Crippen LogP contribution in [0.1, 0.15) is 23.2 Å². The van der Waals surface area contributed by atoms with Gasteiger partial charge in [0, 0.05) is 19.1 Å². The lowest BCUT2D eigenvalue weighted by Crippen LogP contribution is -2.06. The molecular formula is C13H15BrO5. The highest BCUT2D eigenvalue weighted by Gasteiger charge is 2.11.